The molecular formula is C10H19O10P. The van der Waals surface area contributed by atoms with Crippen molar-refractivity contribution in [3.8, 4) is 0 Å². The molecule has 0 aliphatic heterocycles. The van der Waals surface area contributed by atoms with Gasteiger partial charge in [0.25, 0.3) is 0 Å². The Labute approximate surface area is 120 Å². The molecule has 0 heterocycles. The summed E-state index contributed by atoms with van der Waals surface area (Å²) in [5.74, 6) is -3.70. The number of phosphoric acid groups is 1. The van der Waals surface area contributed by atoms with Crippen LogP contribution < -0.4 is 0 Å². The number of rotatable bonds is 4. The number of hydrogen-bond acceptors (Lipinski definition) is 5. The van der Waals surface area contributed by atoms with Gasteiger partial charge >= 0.3 is 19.8 Å². The summed E-state index contributed by atoms with van der Waals surface area (Å²) in [7, 11) is -4.64. The monoisotopic (exact) mass is 330 g/mol. The van der Waals surface area contributed by atoms with Crippen molar-refractivity contribution < 1.29 is 49.3 Å². The highest BCUT2D eigenvalue weighted by molar-refractivity contribution is 7.45. The van der Waals surface area contributed by atoms with Crippen LogP contribution in [-0.4, -0.2) is 47.0 Å². The summed E-state index contributed by atoms with van der Waals surface area (Å²) in [6.45, 7) is 3.50. The van der Waals surface area contributed by atoms with Gasteiger partial charge < -0.3 is 35.1 Å². The van der Waals surface area contributed by atoms with Crippen molar-refractivity contribution in [2.24, 2.45) is 0 Å². The van der Waals surface area contributed by atoms with Gasteiger partial charge in [0.15, 0.2) is 11.5 Å². The number of aliphatic carboxylic acids is 2. The van der Waals surface area contributed by atoms with Crippen LogP contribution in [0.3, 0.4) is 0 Å². The zero-order chi connectivity index (χ0) is 17.6. The predicted molar refractivity (Wildman–Crippen MR) is 71.5 cm³/mol. The van der Waals surface area contributed by atoms with E-state index in [-0.39, 0.29) is 0 Å². The Morgan fingerprint density at radius 1 is 0.810 bits per heavy atom. The minimum Gasteiger partial charge on any atom is -0.502 e. The standard InChI is InChI=1S/2C5H8O3.H3O4P/c2*1-2-3-4(6)5(7)8;1-5(2,3)4/h2*3,6H,2H2,1H3,(H,7,8);(H3,1,2,3,4)/b2*4-3-;. The maximum absolute atomic E-state index is 9.77. The molecule has 0 saturated carbocycles. The highest BCUT2D eigenvalue weighted by Gasteiger charge is 2.00. The summed E-state index contributed by atoms with van der Waals surface area (Å²) >= 11 is 0. The third-order valence-electron chi connectivity index (χ3n) is 1.23. The van der Waals surface area contributed by atoms with Crippen LogP contribution in [0.25, 0.3) is 0 Å². The molecule has 124 valence electrons. The molecule has 7 N–H and O–H groups in total. The Bertz CT molecular complexity index is 381. The van der Waals surface area contributed by atoms with E-state index < -0.39 is 31.3 Å². The number of hydrogen-bond donors (Lipinski definition) is 7. The molecule has 10 nitrogen and oxygen atoms in total. The number of allylic oxidation sites excluding steroid dienone is 2. The highest BCUT2D eigenvalue weighted by Crippen LogP contribution is 2.25. The topological polar surface area (TPSA) is 193 Å². The number of aliphatic hydroxyl groups excluding tert-OH is 2. The van der Waals surface area contributed by atoms with Crippen LogP contribution in [0.4, 0.5) is 0 Å². The zero-order valence-electron chi connectivity index (χ0n) is 11.4. The van der Waals surface area contributed by atoms with Crippen LogP contribution in [0.5, 0.6) is 0 Å². The van der Waals surface area contributed by atoms with Gasteiger partial charge in [0, 0.05) is 0 Å². The van der Waals surface area contributed by atoms with Gasteiger partial charge in [0.2, 0.25) is 0 Å². The fourth-order valence-corrected chi connectivity index (χ4v) is 0.561. The normalized spacial score (nSPS) is 11.5. The largest absolute Gasteiger partial charge is 0.502 e. The molecule has 0 aromatic carbocycles. The van der Waals surface area contributed by atoms with Crippen molar-refractivity contribution in [2.45, 2.75) is 26.7 Å². The van der Waals surface area contributed by atoms with Gasteiger partial charge in [0.05, 0.1) is 0 Å². The summed E-state index contributed by atoms with van der Waals surface area (Å²) in [5.41, 5.74) is 0. The van der Waals surface area contributed by atoms with Crippen LogP contribution in [0.15, 0.2) is 23.7 Å². The molecular weight excluding hydrogens is 311 g/mol. The van der Waals surface area contributed by atoms with Gasteiger partial charge in [-0.05, 0) is 25.0 Å². The molecule has 11 heteroatoms. The first kappa shape index (κ1) is 24.2. The van der Waals surface area contributed by atoms with Crippen molar-refractivity contribution in [2.75, 3.05) is 0 Å². The van der Waals surface area contributed by atoms with E-state index in [1.165, 1.54) is 12.2 Å². The van der Waals surface area contributed by atoms with E-state index in [2.05, 4.69) is 0 Å². The van der Waals surface area contributed by atoms with Crippen LogP contribution >= 0.6 is 7.82 Å². The Morgan fingerprint density at radius 3 is 1.05 bits per heavy atom. The lowest BCUT2D eigenvalue weighted by Crippen LogP contribution is -1.97. The van der Waals surface area contributed by atoms with Gasteiger partial charge in [-0.15, -0.1) is 0 Å². The third-order valence-corrected chi connectivity index (χ3v) is 1.23. The van der Waals surface area contributed by atoms with Gasteiger partial charge in [0.1, 0.15) is 0 Å². The first-order valence-corrected chi connectivity index (χ1v) is 6.96. The average molecular weight is 330 g/mol. The quantitative estimate of drug-likeness (QED) is 0.221. The minimum atomic E-state index is -4.64. The Morgan fingerprint density at radius 2 is 1.00 bits per heavy atom. The summed E-state index contributed by atoms with van der Waals surface area (Å²) < 4.78 is 8.88. The van der Waals surface area contributed by atoms with Crippen molar-refractivity contribution in [1.29, 1.82) is 0 Å². The van der Waals surface area contributed by atoms with E-state index >= 15 is 0 Å². The molecule has 21 heavy (non-hydrogen) atoms. The lowest BCUT2D eigenvalue weighted by molar-refractivity contribution is -0.136. The second-order valence-corrected chi connectivity index (χ2v) is 4.15. The lowest BCUT2D eigenvalue weighted by Gasteiger charge is -1.86. The molecule has 0 spiro atoms. The van der Waals surface area contributed by atoms with Gasteiger partial charge in [-0.2, -0.15) is 0 Å². The number of carbonyl (C=O) groups is 2. The van der Waals surface area contributed by atoms with Crippen LogP contribution in [0.2, 0.25) is 0 Å². The molecule has 0 aromatic rings. The second-order valence-electron chi connectivity index (χ2n) is 3.12. The minimum absolute atomic E-state index is 0.540. The van der Waals surface area contributed by atoms with E-state index in [0.717, 1.165) is 0 Å². The van der Waals surface area contributed by atoms with E-state index in [4.69, 9.17) is 39.7 Å². The van der Waals surface area contributed by atoms with Crippen molar-refractivity contribution in [1.82, 2.24) is 0 Å². The maximum atomic E-state index is 9.77. The molecule has 0 bridgehead atoms. The molecule has 0 saturated heterocycles. The summed E-state index contributed by atoms with van der Waals surface area (Å²) in [4.78, 5) is 41.1. The summed E-state index contributed by atoms with van der Waals surface area (Å²) in [5, 5.41) is 32.8. The van der Waals surface area contributed by atoms with Crippen molar-refractivity contribution in [3.63, 3.8) is 0 Å². The molecule has 0 aliphatic carbocycles. The lowest BCUT2D eigenvalue weighted by atomic mass is 10.4. The van der Waals surface area contributed by atoms with E-state index in [9.17, 15) is 9.59 Å². The molecule has 0 atom stereocenters. The first-order valence-electron chi connectivity index (χ1n) is 5.39. The average Bonchev–Trinajstić information content (AvgIpc) is 2.28. The van der Waals surface area contributed by atoms with E-state index in [0.29, 0.717) is 12.8 Å². The van der Waals surface area contributed by atoms with Crippen molar-refractivity contribution in [3.05, 3.63) is 23.7 Å². The number of carboxylic acid groups (broad SMARTS) is 2. The Kier molecular flexibility index (Phi) is 15.1. The Balaban J connectivity index is -0.000000239. The molecule has 0 radical (unpaired) electrons. The predicted octanol–water partition coefficient (Wildman–Crippen LogP) is 0.917. The molecule has 0 fully saturated rings. The summed E-state index contributed by atoms with van der Waals surface area (Å²) in [6, 6.07) is 0. The van der Waals surface area contributed by atoms with Crippen LogP contribution in [0.1, 0.15) is 26.7 Å². The van der Waals surface area contributed by atoms with Gasteiger partial charge in [-0.3, -0.25) is 0 Å². The third kappa shape index (κ3) is 32.1. The number of aliphatic hydroxyl groups is 2. The van der Waals surface area contributed by atoms with Crippen LogP contribution in [0, 0.1) is 0 Å². The van der Waals surface area contributed by atoms with E-state index in [1.807, 2.05) is 0 Å². The second kappa shape index (κ2) is 13.1. The Hall–Kier alpha value is -1.87. The van der Waals surface area contributed by atoms with Gasteiger partial charge in [-0.1, -0.05) is 13.8 Å². The fraction of sp³-hybridized carbons (Fsp3) is 0.400. The maximum Gasteiger partial charge on any atom is 0.466 e. The van der Waals surface area contributed by atoms with Crippen LogP contribution in [-0.2, 0) is 14.2 Å². The fourth-order valence-electron chi connectivity index (χ4n) is 0.561. The molecule has 0 unspecified atom stereocenters. The first-order chi connectivity index (χ1) is 9.36. The molecule has 0 aromatic heterocycles. The number of carboxylic acids is 2. The highest BCUT2D eigenvalue weighted by atomic mass is 31.2. The SMILES string of the molecule is CC/C=C(\O)C(=O)O.CC/C=C(\O)C(=O)O.O=P(O)(O)O. The molecule has 0 rings (SSSR count). The van der Waals surface area contributed by atoms with E-state index in [1.54, 1.807) is 13.8 Å². The van der Waals surface area contributed by atoms with Gasteiger partial charge in [-0.25, -0.2) is 14.2 Å². The molecule has 0 amide bonds. The summed E-state index contributed by atoms with van der Waals surface area (Å²) in [6.07, 6.45) is 3.56. The zero-order valence-corrected chi connectivity index (χ0v) is 12.3. The smallest absolute Gasteiger partial charge is 0.466 e. The van der Waals surface area contributed by atoms with Crippen molar-refractivity contribution >= 4 is 19.8 Å². The molecule has 0 aliphatic rings.